The van der Waals surface area contributed by atoms with E-state index in [1.54, 1.807) is 0 Å². The fourth-order valence-electron chi connectivity index (χ4n) is 0. The van der Waals surface area contributed by atoms with Crippen LogP contribution in [0.5, 0.6) is 0 Å². The van der Waals surface area contributed by atoms with Gasteiger partial charge in [-0.15, -0.1) is 0 Å². The summed E-state index contributed by atoms with van der Waals surface area (Å²) >= 11 is 0. The summed E-state index contributed by atoms with van der Waals surface area (Å²) in [5, 5.41) is 7.42. The number of carbonyl (C=O) groups excluding carboxylic acids is 1. The third-order valence-corrected chi connectivity index (χ3v) is 0. The van der Waals surface area contributed by atoms with Crippen molar-refractivity contribution in [2.75, 3.05) is 0 Å². The van der Waals surface area contributed by atoms with Gasteiger partial charge in [0.25, 0.3) is 5.97 Å². The van der Waals surface area contributed by atoms with E-state index in [0.29, 0.717) is 0 Å². The van der Waals surface area contributed by atoms with E-state index >= 15 is 0 Å². The zero-order chi connectivity index (χ0) is 7.15. The van der Waals surface area contributed by atoms with Crippen molar-refractivity contribution in [3.8, 4) is 0 Å². The van der Waals surface area contributed by atoms with E-state index in [1.165, 1.54) is 13.8 Å². The Bertz CT molecular complexity index is 73.9. The first-order valence-electron chi connectivity index (χ1n) is 2.13. The summed E-state index contributed by atoms with van der Waals surface area (Å²) < 4.78 is 0. The Morgan fingerprint density at radius 1 is 0.917 bits per heavy atom. The topological polar surface area (TPSA) is 149 Å². The molecule has 7 heteroatoms. The molecule has 0 spiro atoms. The molecular weight excluding hydrogens is 204 g/mol. The normalized spacial score (nSPS) is 4.25. The van der Waals surface area contributed by atoms with Gasteiger partial charge >= 0.3 is 0 Å². The number of ketones is 1. The number of aliphatic carboxylic acids is 1. The fourth-order valence-corrected chi connectivity index (χ4v) is 0. The van der Waals surface area contributed by atoms with Crippen LogP contribution in [0.15, 0.2) is 0 Å². The quantitative estimate of drug-likeness (QED) is 0.480. The molecule has 12 heavy (non-hydrogen) atoms. The van der Waals surface area contributed by atoms with Crippen molar-refractivity contribution < 1.29 is 52.8 Å². The summed E-state index contributed by atoms with van der Waals surface area (Å²) in [6.45, 7) is 4.14. The van der Waals surface area contributed by atoms with E-state index in [9.17, 15) is 4.79 Å². The van der Waals surface area contributed by atoms with E-state index in [1.807, 2.05) is 0 Å². The van der Waals surface area contributed by atoms with E-state index in [4.69, 9.17) is 9.90 Å². The van der Waals surface area contributed by atoms with Crippen LogP contribution < -0.4 is 0 Å². The van der Waals surface area contributed by atoms with Crippen LogP contribution >= 0.6 is 0 Å². The smallest absolute Gasteiger partial charge is 0.300 e. The minimum absolute atomic E-state index is 0. The molecule has 0 rings (SSSR count). The fraction of sp³-hybridized carbons (Fsp3) is 0.600. The van der Waals surface area contributed by atoms with Crippen molar-refractivity contribution in [1.29, 1.82) is 0 Å². The number of carboxylic acids is 1. The van der Waals surface area contributed by atoms with Crippen LogP contribution in [0.25, 0.3) is 0 Å². The molecule has 0 heterocycles. The Morgan fingerprint density at radius 2 is 0.917 bits per heavy atom. The molecule has 76 valence electrons. The van der Waals surface area contributed by atoms with Gasteiger partial charge in [-0.05, 0) is 13.8 Å². The average Bonchev–Trinajstić information content (AvgIpc) is 1.25. The van der Waals surface area contributed by atoms with Crippen molar-refractivity contribution in [1.82, 2.24) is 0 Å². The molecule has 7 N–H and O–H groups in total. The summed E-state index contributed by atoms with van der Waals surface area (Å²) in [7, 11) is 0. The average molecular weight is 220 g/mol. The molecule has 0 amide bonds. The summed E-state index contributed by atoms with van der Waals surface area (Å²) in [5.74, 6) is -0.667. The van der Waals surface area contributed by atoms with E-state index < -0.39 is 5.97 Å². The molecule has 0 aliphatic carbocycles. The van der Waals surface area contributed by atoms with Gasteiger partial charge in [0.15, 0.2) is 0 Å². The second kappa shape index (κ2) is 30.9. The summed E-state index contributed by atoms with van der Waals surface area (Å²) in [5.41, 5.74) is 0. The first-order valence-corrected chi connectivity index (χ1v) is 2.13. The van der Waals surface area contributed by atoms with Gasteiger partial charge < -0.3 is 26.3 Å². The molecule has 0 aliphatic heterocycles. The van der Waals surface area contributed by atoms with Gasteiger partial charge in [-0.25, -0.2) is 0 Å². The van der Waals surface area contributed by atoms with Gasteiger partial charge in [0.1, 0.15) is 5.78 Å². The number of hydrogen-bond donors (Lipinski definition) is 1. The van der Waals surface area contributed by atoms with Crippen molar-refractivity contribution in [2.24, 2.45) is 0 Å². The van der Waals surface area contributed by atoms with Crippen molar-refractivity contribution in [3.05, 3.63) is 0 Å². The zero-order valence-electron chi connectivity index (χ0n) is 7.26. The maximum Gasteiger partial charge on any atom is 0.300 e. The van der Waals surface area contributed by atoms with Crippen molar-refractivity contribution in [3.63, 3.8) is 0 Å². The first-order chi connectivity index (χ1) is 3.46. The van der Waals surface area contributed by atoms with Gasteiger partial charge in [0, 0.05) is 28.6 Å². The largest absolute Gasteiger partial charge is 0.481 e. The molecule has 0 unspecified atom stereocenters. The van der Waals surface area contributed by atoms with Crippen molar-refractivity contribution in [2.45, 2.75) is 20.8 Å². The molecular formula is C5H16O6Ti. The van der Waals surface area contributed by atoms with Gasteiger partial charge in [-0.3, -0.25) is 4.79 Å². The van der Waals surface area contributed by atoms with Gasteiger partial charge in [0.2, 0.25) is 0 Å². The number of carboxylic acid groups (broad SMARTS) is 1. The van der Waals surface area contributed by atoms with Gasteiger partial charge in [-0.2, -0.15) is 0 Å². The molecule has 0 aromatic carbocycles. The zero-order valence-corrected chi connectivity index (χ0v) is 8.83. The number of Topliss-reactive ketones (excluding diaryl/α,β-unsaturated/α-hetero) is 1. The predicted octanol–water partition coefficient (Wildman–Crippen LogP) is -1.79. The van der Waals surface area contributed by atoms with Crippen LogP contribution in [-0.4, -0.2) is 33.3 Å². The molecule has 0 saturated heterocycles. The van der Waals surface area contributed by atoms with Crippen molar-refractivity contribution >= 4 is 11.8 Å². The second-order valence-corrected chi connectivity index (χ2v) is 1.43. The molecule has 0 radical (unpaired) electrons. The third-order valence-electron chi connectivity index (χ3n) is 0. The molecule has 0 atom stereocenters. The van der Waals surface area contributed by atoms with Crippen LogP contribution in [0.3, 0.4) is 0 Å². The SMILES string of the molecule is CC(=O)O.CC(C)=O.O.O.O.[Ti]. The van der Waals surface area contributed by atoms with E-state index in [-0.39, 0.29) is 43.9 Å². The standard InChI is InChI=1S/C3H6O.C2H4O2.3H2O.Ti/c1-3(2)4;1-2(3)4;;;;/h1-2H3;1H3,(H,3,4);3*1H2;. The molecule has 0 saturated carbocycles. The van der Waals surface area contributed by atoms with Crippen LogP contribution in [0.4, 0.5) is 0 Å². The first kappa shape index (κ1) is 41.1. The van der Waals surface area contributed by atoms with Crippen LogP contribution in [0, 0.1) is 0 Å². The summed E-state index contributed by atoms with van der Waals surface area (Å²) in [4.78, 5) is 18.4. The monoisotopic (exact) mass is 220 g/mol. The van der Waals surface area contributed by atoms with Crippen LogP contribution in [0.1, 0.15) is 20.8 Å². The van der Waals surface area contributed by atoms with Gasteiger partial charge in [-0.1, -0.05) is 0 Å². The third kappa shape index (κ3) is 10500. The predicted molar refractivity (Wildman–Crippen MR) is 40.5 cm³/mol. The number of carbonyl (C=O) groups is 2. The van der Waals surface area contributed by atoms with Gasteiger partial charge in [0.05, 0.1) is 0 Å². The Hall–Kier alpha value is -0.266. The Labute approximate surface area is 85.8 Å². The van der Waals surface area contributed by atoms with Crippen LogP contribution in [0.2, 0.25) is 0 Å². The molecule has 0 aromatic heterocycles. The minimum atomic E-state index is -0.833. The second-order valence-electron chi connectivity index (χ2n) is 1.43. The van der Waals surface area contributed by atoms with E-state index in [2.05, 4.69) is 0 Å². The minimum Gasteiger partial charge on any atom is -0.481 e. The maximum absolute atomic E-state index is 9.44. The Kier molecular flexibility index (Phi) is 106. The van der Waals surface area contributed by atoms with E-state index in [0.717, 1.165) is 6.92 Å². The molecule has 0 bridgehead atoms. The molecule has 0 fully saturated rings. The summed E-state index contributed by atoms with van der Waals surface area (Å²) in [6.07, 6.45) is 0. The number of rotatable bonds is 0. The molecule has 0 aliphatic rings. The molecule has 6 nitrogen and oxygen atoms in total. The Morgan fingerprint density at radius 3 is 0.917 bits per heavy atom. The Balaban J connectivity index is -0.0000000112. The number of hydrogen-bond acceptors (Lipinski definition) is 2. The summed E-state index contributed by atoms with van der Waals surface area (Å²) in [6, 6.07) is 0. The van der Waals surface area contributed by atoms with Crippen LogP contribution in [-0.2, 0) is 31.3 Å². The maximum atomic E-state index is 9.44. The molecule has 0 aromatic rings.